The summed E-state index contributed by atoms with van der Waals surface area (Å²) in [7, 11) is 0. The second kappa shape index (κ2) is 6.65. The van der Waals surface area contributed by atoms with Gasteiger partial charge in [-0.15, -0.1) is 0 Å². The third-order valence-corrected chi connectivity index (χ3v) is 3.33. The van der Waals surface area contributed by atoms with Crippen LogP contribution in [0.4, 0.5) is 10.1 Å². The van der Waals surface area contributed by atoms with Crippen LogP contribution in [0.3, 0.4) is 0 Å². The van der Waals surface area contributed by atoms with Crippen molar-refractivity contribution in [2.45, 2.75) is 32.7 Å². The van der Waals surface area contributed by atoms with Gasteiger partial charge < -0.3 is 15.0 Å². The number of piperidine rings is 1. The second-order valence-electron chi connectivity index (χ2n) is 4.51. The van der Waals surface area contributed by atoms with Crippen molar-refractivity contribution >= 4 is 11.6 Å². The minimum atomic E-state index is -0.453. The summed E-state index contributed by atoms with van der Waals surface area (Å²) >= 11 is 0. The molecule has 0 spiro atoms. The maximum absolute atomic E-state index is 13.3. The van der Waals surface area contributed by atoms with Crippen molar-refractivity contribution in [2.75, 3.05) is 24.6 Å². The van der Waals surface area contributed by atoms with Crippen molar-refractivity contribution in [2.24, 2.45) is 0 Å². The van der Waals surface area contributed by atoms with Crippen LogP contribution in [0.5, 0.6) is 5.88 Å². The SMILES string of the molecule is CC.O=C1COc2ncc(F)cc2N1C1CCNCC1. The maximum atomic E-state index is 13.3. The number of fused-ring (bicyclic) bond motifs is 1. The van der Waals surface area contributed by atoms with Gasteiger partial charge in [0.25, 0.3) is 5.91 Å². The van der Waals surface area contributed by atoms with Gasteiger partial charge in [0.1, 0.15) is 11.5 Å². The van der Waals surface area contributed by atoms with E-state index >= 15 is 0 Å². The monoisotopic (exact) mass is 281 g/mol. The first-order chi connectivity index (χ1) is 9.75. The molecule has 1 N–H and O–H groups in total. The molecule has 6 heteroatoms. The van der Waals surface area contributed by atoms with Gasteiger partial charge in [-0.2, -0.15) is 0 Å². The molecule has 1 fully saturated rings. The number of carbonyl (C=O) groups excluding carboxylic acids is 1. The summed E-state index contributed by atoms with van der Waals surface area (Å²) in [6, 6.07) is 1.42. The Hall–Kier alpha value is -1.69. The van der Waals surface area contributed by atoms with Crippen molar-refractivity contribution in [1.82, 2.24) is 10.3 Å². The van der Waals surface area contributed by atoms with E-state index in [4.69, 9.17) is 4.74 Å². The lowest BCUT2D eigenvalue weighted by Gasteiger charge is -2.37. The number of aromatic nitrogens is 1. The van der Waals surface area contributed by atoms with Crippen LogP contribution in [-0.4, -0.2) is 36.6 Å². The molecule has 2 aliphatic heterocycles. The second-order valence-corrected chi connectivity index (χ2v) is 4.51. The fourth-order valence-corrected chi connectivity index (χ4v) is 2.50. The van der Waals surface area contributed by atoms with E-state index in [1.807, 2.05) is 13.8 Å². The summed E-state index contributed by atoms with van der Waals surface area (Å²) in [5.41, 5.74) is 0.457. The molecule has 0 atom stereocenters. The van der Waals surface area contributed by atoms with E-state index in [1.54, 1.807) is 4.90 Å². The van der Waals surface area contributed by atoms with E-state index in [2.05, 4.69) is 10.3 Å². The summed E-state index contributed by atoms with van der Waals surface area (Å²) < 4.78 is 18.5. The molecular weight excluding hydrogens is 261 g/mol. The number of amides is 1. The van der Waals surface area contributed by atoms with Crippen LogP contribution in [0.15, 0.2) is 12.3 Å². The largest absolute Gasteiger partial charge is 0.466 e. The zero-order valence-electron chi connectivity index (χ0n) is 11.9. The van der Waals surface area contributed by atoms with Crippen molar-refractivity contribution in [3.63, 3.8) is 0 Å². The first-order valence-electron chi connectivity index (χ1n) is 7.07. The average Bonchev–Trinajstić information content (AvgIpc) is 2.50. The molecule has 110 valence electrons. The molecule has 0 saturated carbocycles. The van der Waals surface area contributed by atoms with Crippen molar-refractivity contribution in [1.29, 1.82) is 0 Å². The Kier molecular flexibility index (Phi) is 4.89. The number of pyridine rings is 1. The Morgan fingerprint density at radius 3 is 2.80 bits per heavy atom. The van der Waals surface area contributed by atoms with E-state index in [1.165, 1.54) is 6.07 Å². The zero-order chi connectivity index (χ0) is 14.5. The van der Waals surface area contributed by atoms with Gasteiger partial charge in [-0.05, 0) is 25.9 Å². The molecule has 0 aromatic carbocycles. The normalized spacial score (nSPS) is 18.8. The molecule has 0 unspecified atom stereocenters. The number of hydrogen-bond acceptors (Lipinski definition) is 4. The standard InChI is InChI=1S/C12H14FN3O2.C2H6/c13-8-5-10-12(15-6-8)18-7-11(17)16(10)9-1-3-14-4-2-9;1-2/h5-6,9,14H,1-4,7H2;1-2H3. The van der Waals surface area contributed by atoms with Crippen molar-refractivity contribution in [3.8, 4) is 5.88 Å². The zero-order valence-corrected chi connectivity index (χ0v) is 11.9. The highest BCUT2D eigenvalue weighted by Crippen LogP contribution is 2.33. The quantitative estimate of drug-likeness (QED) is 0.851. The number of anilines is 1. The van der Waals surface area contributed by atoms with Crippen LogP contribution in [0.1, 0.15) is 26.7 Å². The fourth-order valence-electron chi connectivity index (χ4n) is 2.50. The number of halogens is 1. The minimum absolute atomic E-state index is 0.0183. The first-order valence-corrected chi connectivity index (χ1v) is 7.07. The predicted molar refractivity (Wildman–Crippen MR) is 74.4 cm³/mol. The molecule has 2 aliphatic rings. The van der Waals surface area contributed by atoms with Crippen LogP contribution < -0.4 is 15.0 Å². The average molecular weight is 281 g/mol. The Labute approximate surface area is 118 Å². The lowest BCUT2D eigenvalue weighted by Crippen LogP contribution is -2.50. The van der Waals surface area contributed by atoms with Crippen molar-refractivity contribution < 1.29 is 13.9 Å². The molecule has 1 saturated heterocycles. The van der Waals surface area contributed by atoms with E-state index in [9.17, 15) is 9.18 Å². The molecule has 20 heavy (non-hydrogen) atoms. The predicted octanol–water partition coefficient (Wildman–Crippen LogP) is 1.72. The highest BCUT2D eigenvalue weighted by Gasteiger charge is 2.33. The molecule has 0 aliphatic carbocycles. The van der Waals surface area contributed by atoms with Crippen LogP contribution in [0, 0.1) is 5.82 Å². The molecule has 5 nitrogen and oxygen atoms in total. The van der Waals surface area contributed by atoms with Gasteiger partial charge in [0.05, 0.1) is 6.20 Å². The van der Waals surface area contributed by atoms with Gasteiger partial charge in [-0.25, -0.2) is 9.37 Å². The molecule has 1 aromatic rings. The number of rotatable bonds is 1. The summed E-state index contributed by atoms with van der Waals surface area (Å²) in [6.07, 6.45) is 2.83. The molecule has 3 heterocycles. The van der Waals surface area contributed by atoms with Crippen LogP contribution >= 0.6 is 0 Å². The Bertz CT molecular complexity index is 475. The van der Waals surface area contributed by atoms with E-state index in [0.29, 0.717) is 11.6 Å². The van der Waals surface area contributed by atoms with Gasteiger partial charge in [0, 0.05) is 12.1 Å². The first kappa shape index (κ1) is 14.7. The Balaban J connectivity index is 0.000000704. The number of hydrogen-bond donors (Lipinski definition) is 1. The number of ether oxygens (including phenoxy) is 1. The minimum Gasteiger partial charge on any atom is -0.466 e. The highest BCUT2D eigenvalue weighted by molar-refractivity contribution is 5.97. The van der Waals surface area contributed by atoms with E-state index in [-0.39, 0.29) is 18.6 Å². The van der Waals surface area contributed by atoms with Crippen molar-refractivity contribution in [3.05, 3.63) is 18.1 Å². The third kappa shape index (κ3) is 2.90. The fraction of sp³-hybridized carbons (Fsp3) is 0.571. The third-order valence-electron chi connectivity index (χ3n) is 3.33. The lowest BCUT2D eigenvalue weighted by atomic mass is 10.0. The molecular formula is C14H20FN3O2. The van der Waals surface area contributed by atoms with Gasteiger partial charge >= 0.3 is 0 Å². The lowest BCUT2D eigenvalue weighted by molar-refractivity contribution is -0.122. The highest BCUT2D eigenvalue weighted by atomic mass is 19.1. The molecule has 0 bridgehead atoms. The molecule has 1 amide bonds. The van der Waals surface area contributed by atoms with Crippen LogP contribution in [0.25, 0.3) is 0 Å². The smallest absolute Gasteiger partial charge is 0.265 e. The van der Waals surface area contributed by atoms with E-state index < -0.39 is 5.82 Å². The van der Waals surface area contributed by atoms with Crippen LogP contribution in [0.2, 0.25) is 0 Å². The van der Waals surface area contributed by atoms with Crippen LogP contribution in [-0.2, 0) is 4.79 Å². The number of carbonyl (C=O) groups is 1. The van der Waals surface area contributed by atoms with E-state index in [0.717, 1.165) is 32.1 Å². The summed E-state index contributed by atoms with van der Waals surface area (Å²) in [5.74, 6) is -0.234. The Morgan fingerprint density at radius 2 is 2.10 bits per heavy atom. The maximum Gasteiger partial charge on any atom is 0.265 e. The molecule has 0 radical (unpaired) electrons. The molecule has 3 rings (SSSR count). The van der Waals surface area contributed by atoms with Gasteiger partial charge in [-0.1, -0.05) is 13.8 Å². The van der Waals surface area contributed by atoms with Gasteiger partial charge in [0.15, 0.2) is 6.61 Å². The van der Waals surface area contributed by atoms with Gasteiger partial charge in [-0.3, -0.25) is 4.79 Å². The summed E-state index contributed by atoms with van der Waals surface area (Å²) in [4.78, 5) is 17.5. The molecule has 1 aromatic heterocycles. The number of nitrogens with zero attached hydrogens (tertiary/aromatic N) is 2. The number of nitrogens with one attached hydrogen (secondary N) is 1. The summed E-state index contributed by atoms with van der Waals surface area (Å²) in [6.45, 7) is 5.72. The van der Waals surface area contributed by atoms with Gasteiger partial charge in [0.2, 0.25) is 5.88 Å². The Morgan fingerprint density at radius 1 is 1.40 bits per heavy atom. The summed E-state index contributed by atoms with van der Waals surface area (Å²) in [5, 5.41) is 3.25. The topological polar surface area (TPSA) is 54.5 Å².